The molecule has 3 rings (SSSR count). The zero-order valence-corrected chi connectivity index (χ0v) is 20.8. The van der Waals surface area contributed by atoms with Crippen LogP contribution in [0.2, 0.25) is 10.0 Å². The van der Waals surface area contributed by atoms with Gasteiger partial charge in [-0.2, -0.15) is 13.2 Å². The zero-order valence-electron chi connectivity index (χ0n) is 18.5. The average Bonchev–Trinajstić information content (AvgIpc) is 2.79. The third-order valence-electron chi connectivity index (χ3n) is 4.89. The number of hydrogen-bond donors (Lipinski definition) is 2. The molecule has 184 valence electrons. The Morgan fingerprint density at radius 1 is 0.971 bits per heavy atom. The van der Waals surface area contributed by atoms with E-state index in [0.717, 1.165) is 23.8 Å². The summed E-state index contributed by atoms with van der Waals surface area (Å²) in [5.74, 6) is -0.686. The number of halogens is 5. The van der Waals surface area contributed by atoms with Crippen molar-refractivity contribution in [2.45, 2.75) is 36.1 Å². The minimum Gasteiger partial charge on any atom is -0.326 e. The Balaban J connectivity index is 1.65. The number of thioether (sulfide) groups is 1. The van der Waals surface area contributed by atoms with Gasteiger partial charge in [0.15, 0.2) is 0 Å². The maximum atomic E-state index is 13.0. The third-order valence-corrected chi connectivity index (χ3v) is 6.83. The zero-order chi connectivity index (χ0) is 25.6. The van der Waals surface area contributed by atoms with Gasteiger partial charge in [-0.1, -0.05) is 48.3 Å². The van der Waals surface area contributed by atoms with Crippen LogP contribution in [0.1, 0.15) is 24.5 Å². The van der Waals surface area contributed by atoms with Crippen LogP contribution in [0.15, 0.2) is 71.6 Å². The van der Waals surface area contributed by atoms with E-state index in [1.165, 1.54) is 11.8 Å². The quantitative estimate of drug-likeness (QED) is 0.288. The fourth-order valence-electron chi connectivity index (χ4n) is 3.14. The highest BCUT2D eigenvalue weighted by Gasteiger charge is 2.31. The van der Waals surface area contributed by atoms with Gasteiger partial charge in [0, 0.05) is 15.6 Å². The van der Waals surface area contributed by atoms with E-state index in [2.05, 4.69) is 10.6 Å². The molecule has 3 aromatic rings. The van der Waals surface area contributed by atoms with Gasteiger partial charge in [-0.25, -0.2) is 0 Å². The van der Waals surface area contributed by atoms with Gasteiger partial charge < -0.3 is 10.6 Å². The van der Waals surface area contributed by atoms with Gasteiger partial charge in [-0.3, -0.25) is 9.59 Å². The Hall–Kier alpha value is -2.68. The van der Waals surface area contributed by atoms with Crippen molar-refractivity contribution in [2.75, 3.05) is 10.6 Å². The molecule has 0 saturated carbocycles. The number of hydrogen-bond acceptors (Lipinski definition) is 3. The van der Waals surface area contributed by atoms with Crippen LogP contribution in [0.4, 0.5) is 24.5 Å². The molecule has 2 amide bonds. The van der Waals surface area contributed by atoms with Gasteiger partial charge in [-0.15, -0.1) is 11.8 Å². The first-order chi connectivity index (χ1) is 16.5. The summed E-state index contributed by atoms with van der Waals surface area (Å²) in [6, 6.07) is 16.7. The molecular weight excluding hydrogens is 520 g/mol. The van der Waals surface area contributed by atoms with Crippen molar-refractivity contribution in [1.82, 2.24) is 0 Å². The number of rotatable bonds is 8. The molecule has 1 unspecified atom stereocenters. The summed E-state index contributed by atoms with van der Waals surface area (Å²) in [4.78, 5) is 25.9. The van der Waals surface area contributed by atoms with Crippen LogP contribution >= 0.6 is 35.0 Å². The molecule has 2 N–H and O–H groups in total. The van der Waals surface area contributed by atoms with Crippen molar-refractivity contribution < 1.29 is 22.8 Å². The number of carbonyl (C=O) groups is 2. The minimum atomic E-state index is -4.55. The van der Waals surface area contributed by atoms with E-state index in [-0.39, 0.29) is 23.0 Å². The highest BCUT2D eigenvalue weighted by molar-refractivity contribution is 8.00. The Bertz CT molecular complexity index is 1200. The van der Waals surface area contributed by atoms with Crippen LogP contribution in [0.25, 0.3) is 0 Å². The predicted molar refractivity (Wildman–Crippen MR) is 135 cm³/mol. The van der Waals surface area contributed by atoms with Gasteiger partial charge in [0.2, 0.25) is 11.8 Å². The lowest BCUT2D eigenvalue weighted by Crippen LogP contribution is -2.25. The van der Waals surface area contributed by atoms with Crippen LogP contribution in [-0.2, 0) is 22.2 Å². The highest BCUT2D eigenvalue weighted by Crippen LogP contribution is 2.35. The maximum Gasteiger partial charge on any atom is 0.416 e. The van der Waals surface area contributed by atoms with Crippen molar-refractivity contribution in [1.29, 1.82) is 0 Å². The van der Waals surface area contributed by atoms with Crippen LogP contribution in [-0.4, -0.2) is 17.1 Å². The second-order valence-electron chi connectivity index (χ2n) is 7.58. The first-order valence-corrected chi connectivity index (χ1v) is 12.2. The fourth-order valence-corrected chi connectivity index (χ4v) is 4.44. The Kier molecular flexibility index (Phi) is 9.10. The van der Waals surface area contributed by atoms with E-state index < -0.39 is 22.9 Å². The van der Waals surface area contributed by atoms with E-state index in [4.69, 9.17) is 23.2 Å². The number of carbonyl (C=O) groups excluding carboxylic acids is 2. The van der Waals surface area contributed by atoms with E-state index in [1.54, 1.807) is 55.5 Å². The first-order valence-electron chi connectivity index (χ1n) is 10.5. The molecule has 0 spiro atoms. The smallest absolute Gasteiger partial charge is 0.326 e. The van der Waals surface area contributed by atoms with Crippen LogP contribution in [0.5, 0.6) is 0 Å². The molecule has 0 bridgehead atoms. The van der Waals surface area contributed by atoms with Gasteiger partial charge in [-0.05, 0) is 60.5 Å². The lowest BCUT2D eigenvalue weighted by atomic mass is 10.1. The second-order valence-corrected chi connectivity index (χ2v) is 9.70. The van der Waals surface area contributed by atoms with E-state index >= 15 is 0 Å². The van der Waals surface area contributed by atoms with Crippen LogP contribution in [0.3, 0.4) is 0 Å². The van der Waals surface area contributed by atoms with Crippen LogP contribution in [0, 0.1) is 0 Å². The summed E-state index contributed by atoms with van der Waals surface area (Å²) < 4.78 is 39.1. The highest BCUT2D eigenvalue weighted by atomic mass is 35.5. The summed E-state index contributed by atoms with van der Waals surface area (Å²) in [6.07, 6.45) is -3.96. The van der Waals surface area contributed by atoms with Crippen molar-refractivity contribution in [3.63, 3.8) is 0 Å². The summed E-state index contributed by atoms with van der Waals surface area (Å²) in [7, 11) is 0. The standard InChI is InChI=1S/C25H21Cl2F3N2O2S/c1-2-22(24(34)32-21-13-16(25(28,29)30)8-11-20(21)27)35-19-5-3-4-18(14-19)31-23(33)12-15-6-9-17(26)10-7-15/h3-11,13-14,22H,2,12H2,1H3,(H,31,33)(H,32,34). The number of anilines is 2. The molecule has 0 radical (unpaired) electrons. The molecular formula is C25H21Cl2F3N2O2S. The van der Waals surface area contributed by atoms with E-state index in [1.807, 2.05) is 0 Å². The molecule has 0 aliphatic carbocycles. The van der Waals surface area contributed by atoms with Gasteiger partial charge >= 0.3 is 6.18 Å². The number of amides is 2. The van der Waals surface area contributed by atoms with E-state index in [0.29, 0.717) is 22.0 Å². The minimum absolute atomic E-state index is 0.0107. The van der Waals surface area contributed by atoms with Gasteiger partial charge in [0.25, 0.3) is 0 Å². The van der Waals surface area contributed by atoms with E-state index in [9.17, 15) is 22.8 Å². The average molecular weight is 541 g/mol. The molecule has 35 heavy (non-hydrogen) atoms. The molecule has 3 aromatic carbocycles. The topological polar surface area (TPSA) is 58.2 Å². The lowest BCUT2D eigenvalue weighted by molar-refractivity contribution is -0.137. The molecule has 0 aliphatic rings. The predicted octanol–water partition coefficient (Wildman–Crippen LogP) is 7.70. The van der Waals surface area contributed by atoms with Crippen molar-refractivity contribution in [2.24, 2.45) is 0 Å². The largest absolute Gasteiger partial charge is 0.416 e. The Morgan fingerprint density at radius 3 is 2.34 bits per heavy atom. The summed E-state index contributed by atoms with van der Waals surface area (Å²) in [5, 5.41) is 5.33. The Labute approximate surface area is 215 Å². The monoisotopic (exact) mass is 540 g/mol. The van der Waals surface area contributed by atoms with Crippen LogP contribution < -0.4 is 10.6 Å². The fraction of sp³-hybridized carbons (Fsp3) is 0.200. The number of nitrogens with one attached hydrogen (secondary N) is 2. The lowest BCUT2D eigenvalue weighted by Gasteiger charge is -2.17. The molecule has 0 fully saturated rings. The van der Waals surface area contributed by atoms with Gasteiger partial charge in [0.05, 0.1) is 27.9 Å². The number of benzene rings is 3. The number of alkyl halides is 3. The molecule has 0 aliphatic heterocycles. The van der Waals surface area contributed by atoms with Crippen molar-refractivity contribution >= 4 is 58.2 Å². The molecule has 4 nitrogen and oxygen atoms in total. The third kappa shape index (κ3) is 7.92. The summed E-state index contributed by atoms with van der Waals surface area (Å²) >= 11 is 13.1. The van der Waals surface area contributed by atoms with Crippen molar-refractivity contribution in [3.05, 3.63) is 87.9 Å². The molecule has 1 atom stereocenters. The molecule has 0 saturated heterocycles. The maximum absolute atomic E-state index is 13.0. The SMILES string of the molecule is CCC(Sc1cccc(NC(=O)Cc2ccc(Cl)cc2)c1)C(=O)Nc1cc(C(F)(F)F)ccc1Cl. The first kappa shape index (κ1) is 26.9. The molecule has 10 heteroatoms. The summed E-state index contributed by atoms with van der Waals surface area (Å²) in [6.45, 7) is 1.79. The molecule has 0 aromatic heterocycles. The summed E-state index contributed by atoms with van der Waals surface area (Å²) in [5.41, 5.74) is 0.368. The molecule has 0 heterocycles. The normalized spacial score (nSPS) is 12.2. The Morgan fingerprint density at radius 2 is 1.69 bits per heavy atom. The van der Waals surface area contributed by atoms with Gasteiger partial charge in [0.1, 0.15) is 0 Å². The van der Waals surface area contributed by atoms with Crippen molar-refractivity contribution in [3.8, 4) is 0 Å². The second kappa shape index (κ2) is 11.8.